The van der Waals surface area contributed by atoms with E-state index in [-0.39, 0.29) is 60.5 Å². The first-order valence-electron chi connectivity index (χ1n) is 49.6. The Morgan fingerprint density at radius 3 is 0.813 bits per heavy atom. The van der Waals surface area contributed by atoms with Crippen LogP contribution in [0.2, 0.25) is 0 Å². The van der Waals surface area contributed by atoms with E-state index in [0.29, 0.717) is 275 Å². The van der Waals surface area contributed by atoms with Gasteiger partial charge in [-0.25, -0.2) is 0 Å². The third-order valence-electron chi connectivity index (χ3n) is 20.2. The van der Waals surface area contributed by atoms with Crippen molar-refractivity contribution in [2.45, 2.75) is 204 Å². The number of anilines is 12. The number of hydrogen-bond acceptors (Lipinski definition) is 35. The Hall–Kier alpha value is -11.3. The largest absolute Gasteiger partial charge is 0.494 e. The molecule has 770 valence electrons. The highest BCUT2D eigenvalue weighted by Gasteiger charge is 2.23. The minimum Gasteiger partial charge on any atom is -0.494 e. The normalized spacial score (nSPS) is 11.2. The second-order valence-corrected chi connectivity index (χ2v) is 32.3. The van der Waals surface area contributed by atoms with Gasteiger partial charge < -0.3 is 136 Å². The SMILES string of the molecule is CCCCCOc1ccc(OCCCCC)c(Nc2nc(Nc3cc(OCCCCC(C)=O)ccc3OCCCCC)nc(Nc3cc(OCCCCC)ccc3OC(CCC)C(C)=O)n2)c1.CCCOCCOc1ccc(Nc2nc(Nc3ccc(OCCOCCC)c(OCCOCCOC)c3)nc(Nc3ccc(OCCOCCOC)c(OCCOCCOC)c3)n2)cc1OCCOCCC. The summed E-state index contributed by atoms with van der Waals surface area (Å²) in [6.07, 6.45) is 17.7. The first-order valence-corrected chi connectivity index (χ1v) is 49.6. The number of benzene rings is 6. The molecule has 0 amide bonds. The first-order chi connectivity index (χ1) is 68.1. The van der Waals surface area contributed by atoms with E-state index in [1.165, 1.54) is 0 Å². The lowest BCUT2D eigenvalue weighted by atomic mass is 10.1. The Morgan fingerprint density at radius 1 is 0.252 bits per heavy atom. The van der Waals surface area contributed by atoms with Gasteiger partial charge in [0, 0.05) is 101 Å². The Kier molecular flexibility index (Phi) is 59.5. The summed E-state index contributed by atoms with van der Waals surface area (Å²) in [6, 6.07) is 33.3. The molecule has 6 N–H and O–H groups in total. The predicted molar refractivity (Wildman–Crippen MR) is 542 cm³/mol. The van der Waals surface area contributed by atoms with E-state index >= 15 is 0 Å². The van der Waals surface area contributed by atoms with Crippen LogP contribution in [0.25, 0.3) is 0 Å². The van der Waals surface area contributed by atoms with Gasteiger partial charge in [-0.1, -0.05) is 113 Å². The number of rotatable bonds is 82. The molecule has 2 heterocycles. The highest BCUT2D eigenvalue weighted by molar-refractivity contribution is 5.81. The standard InChI is InChI=1S/C53H78N6O8.C51H78N6O15/c1-8-13-18-31-62-41-25-28-48(65-34-20-15-10-3)44(36-41)54-51-57-52(55-45-37-42(64-33-22-17-24-39(6)60)26-29-49(45)66-35-21-16-11-4)59-53(58-51)56-46-38-43(63-32-19-14-9-2)27-30-50(46)67-47(23-12-5)40(7)61;1-7-16-61-25-31-67-43-13-10-40(37-46(43)70-34-27-63-18-9-3)52-49-55-50(53-41-11-14-44(68-32-26-62-17-8-2)47(38-41)71-35-29-65-23-20-59-5)57-51(56-49)54-42-12-15-45(69-33-28-64-22-19-58-4)48(39-42)72-36-30-66-24-21-60-6/h25-30,36-38,47H,8-24,31-35H2,1-7H3,(H3,54,55,56,57,58,59);10-15,37-39H,7-9,16-36H2,1-6H3,(H3,52,53,54,55,56,57). The zero-order valence-electron chi connectivity index (χ0n) is 84.6. The van der Waals surface area contributed by atoms with E-state index in [2.05, 4.69) is 80.4 Å². The van der Waals surface area contributed by atoms with Crippen LogP contribution in [0.3, 0.4) is 0 Å². The van der Waals surface area contributed by atoms with Gasteiger partial charge in [0.15, 0.2) is 46.4 Å². The van der Waals surface area contributed by atoms with Crippen LogP contribution < -0.4 is 88.7 Å². The van der Waals surface area contributed by atoms with Gasteiger partial charge in [-0.15, -0.1) is 0 Å². The van der Waals surface area contributed by atoms with Crippen LogP contribution in [0.5, 0.6) is 69.0 Å². The monoisotopic (exact) mass is 1940 g/mol. The lowest BCUT2D eigenvalue weighted by Gasteiger charge is -2.20. The molecule has 35 heteroatoms. The maximum absolute atomic E-state index is 12.7. The number of ether oxygens (including phenoxy) is 21. The van der Waals surface area contributed by atoms with Crippen molar-refractivity contribution < 1.29 is 109 Å². The highest BCUT2D eigenvalue weighted by atomic mass is 16.6. The molecule has 139 heavy (non-hydrogen) atoms. The van der Waals surface area contributed by atoms with Crippen LogP contribution in [0.4, 0.5) is 69.8 Å². The molecular weight excluding hydrogens is 1790 g/mol. The number of nitrogens with zero attached hydrogens (tertiary/aromatic N) is 6. The Balaban J connectivity index is 0.000000379. The summed E-state index contributed by atoms with van der Waals surface area (Å²) in [5.74, 6) is 8.06. The molecule has 2 aromatic heterocycles. The van der Waals surface area contributed by atoms with Gasteiger partial charge in [0.05, 0.1) is 129 Å². The molecule has 0 saturated carbocycles. The third kappa shape index (κ3) is 48.0. The number of aromatic nitrogens is 6. The molecule has 35 nitrogen and oxygen atoms in total. The van der Waals surface area contributed by atoms with Crippen molar-refractivity contribution in [1.82, 2.24) is 29.9 Å². The number of hydrogen-bond donors (Lipinski definition) is 6. The minimum absolute atomic E-state index is 0.0647. The predicted octanol–water partition coefficient (Wildman–Crippen LogP) is 21.3. The molecular formula is C104H156N12O23. The van der Waals surface area contributed by atoms with E-state index in [0.717, 1.165) is 116 Å². The fraction of sp³-hybridized carbons (Fsp3) is 0.577. The Labute approximate surface area is 823 Å². The highest BCUT2D eigenvalue weighted by Crippen LogP contribution is 2.40. The molecule has 0 radical (unpaired) electrons. The average molecular weight is 1940 g/mol. The van der Waals surface area contributed by atoms with Gasteiger partial charge >= 0.3 is 0 Å². The zero-order chi connectivity index (χ0) is 99.2. The third-order valence-corrected chi connectivity index (χ3v) is 20.2. The fourth-order valence-electron chi connectivity index (χ4n) is 13.0. The smallest absolute Gasteiger partial charge is 0.233 e. The Morgan fingerprint density at radius 2 is 0.518 bits per heavy atom. The van der Waals surface area contributed by atoms with E-state index in [4.69, 9.17) is 129 Å². The quantitative estimate of drug-likeness (QED) is 0.0193. The lowest BCUT2D eigenvalue weighted by molar-refractivity contribution is -0.124. The van der Waals surface area contributed by atoms with Gasteiger partial charge in [-0.05, 0) is 151 Å². The van der Waals surface area contributed by atoms with Crippen LogP contribution in [-0.2, 0) is 52.2 Å². The van der Waals surface area contributed by atoms with E-state index < -0.39 is 6.10 Å². The number of unbranched alkanes of at least 4 members (excludes halogenated alkanes) is 9. The van der Waals surface area contributed by atoms with Crippen LogP contribution >= 0.6 is 0 Å². The summed E-state index contributed by atoms with van der Waals surface area (Å²) in [5.41, 5.74) is 3.59. The molecule has 0 bridgehead atoms. The van der Waals surface area contributed by atoms with Crippen LogP contribution in [0.1, 0.15) is 198 Å². The maximum Gasteiger partial charge on any atom is 0.233 e. The van der Waals surface area contributed by atoms with Crippen molar-refractivity contribution in [1.29, 1.82) is 0 Å². The maximum atomic E-state index is 12.7. The van der Waals surface area contributed by atoms with E-state index in [9.17, 15) is 9.59 Å². The number of methoxy groups -OCH3 is 3. The summed E-state index contributed by atoms with van der Waals surface area (Å²) < 4.78 is 123. The van der Waals surface area contributed by atoms with E-state index in [1.807, 2.05) is 104 Å². The zero-order valence-corrected chi connectivity index (χ0v) is 84.6. The summed E-state index contributed by atoms with van der Waals surface area (Å²) in [7, 11) is 4.88. The summed E-state index contributed by atoms with van der Waals surface area (Å²) >= 11 is 0. The van der Waals surface area contributed by atoms with Gasteiger partial charge in [0.2, 0.25) is 35.7 Å². The molecule has 8 rings (SSSR count). The Bertz CT molecular complexity index is 4660. The summed E-state index contributed by atoms with van der Waals surface area (Å²) in [5, 5.41) is 20.2. The van der Waals surface area contributed by atoms with Gasteiger partial charge in [-0.3, -0.25) is 4.79 Å². The molecule has 0 aliphatic rings. The number of Topliss-reactive ketones (excluding diaryl/α,β-unsaturated/α-hetero) is 2. The fourth-order valence-corrected chi connectivity index (χ4v) is 13.0. The summed E-state index contributed by atoms with van der Waals surface area (Å²) in [6.45, 7) is 31.6. The topological polar surface area (TPSA) is 377 Å². The van der Waals surface area contributed by atoms with Crippen LogP contribution in [0.15, 0.2) is 109 Å². The van der Waals surface area contributed by atoms with Crippen molar-refractivity contribution in [2.75, 3.05) is 225 Å². The molecule has 0 fully saturated rings. The van der Waals surface area contributed by atoms with Gasteiger partial charge in [-0.2, -0.15) is 29.9 Å². The van der Waals surface area contributed by atoms with E-state index in [1.54, 1.807) is 47.3 Å². The van der Waals surface area contributed by atoms with Gasteiger partial charge in [0.25, 0.3) is 0 Å². The molecule has 6 aromatic carbocycles. The van der Waals surface area contributed by atoms with Crippen molar-refractivity contribution >= 4 is 81.4 Å². The van der Waals surface area contributed by atoms with Crippen molar-refractivity contribution in [2.24, 2.45) is 0 Å². The molecule has 1 unspecified atom stereocenters. The molecule has 0 aliphatic heterocycles. The number of ketones is 2. The second-order valence-electron chi connectivity index (χ2n) is 32.3. The molecule has 0 aliphatic carbocycles. The van der Waals surface area contributed by atoms with Crippen molar-refractivity contribution in [3.05, 3.63) is 109 Å². The number of carbonyl (C=O) groups excluding carboxylic acids is 2. The number of carbonyl (C=O) groups is 2. The molecule has 8 aromatic rings. The second kappa shape index (κ2) is 72.1. The number of nitrogens with one attached hydrogen (secondary N) is 6. The lowest BCUT2D eigenvalue weighted by Crippen LogP contribution is -2.25. The van der Waals surface area contributed by atoms with Crippen molar-refractivity contribution in [3.63, 3.8) is 0 Å². The van der Waals surface area contributed by atoms with Crippen LogP contribution in [-0.4, -0.2) is 241 Å². The van der Waals surface area contributed by atoms with Crippen LogP contribution in [0, 0.1) is 0 Å². The van der Waals surface area contributed by atoms with Crippen molar-refractivity contribution in [3.8, 4) is 69.0 Å². The molecule has 0 saturated heterocycles. The first kappa shape index (κ1) is 115. The minimum atomic E-state index is -0.638. The van der Waals surface area contributed by atoms with Gasteiger partial charge in [0.1, 0.15) is 79.9 Å². The summed E-state index contributed by atoms with van der Waals surface area (Å²) in [4.78, 5) is 53.3. The molecule has 1 atom stereocenters. The average Bonchev–Trinajstić information content (AvgIpc) is 0.810. The molecule has 0 spiro atoms.